The first-order valence-electron chi connectivity index (χ1n) is 12.3. The Hall–Kier alpha value is -4.53. The van der Waals surface area contributed by atoms with Crippen LogP contribution in [0.25, 0.3) is 11.1 Å². The van der Waals surface area contributed by atoms with Gasteiger partial charge in [-0.25, -0.2) is 14.6 Å². The highest BCUT2D eigenvalue weighted by Crippen LogP contribution is 2.32. The average molecular weight is 519 g/mol. The van der Waals surface area contributed by atoms with Crippen LogP contribution in [0.5, 0.6) is 11.5 Å². The molecule has 0 aliphatic carbocycles. The average Bonchev–Trinajstić information content (AvgIpc) is 3.19. The Morgan fingerprint density at radius 1 is 0.895 bits per heavy atom. The second-order valence-corrected chi connectivity index (χ2v) is 8.95. The molecule has 9 nitrogen and oxygen atoms in total. The molecule has 3 aromatic carbocycles. The van der Waals surface area contributed by atoms with Gasteiger partial charge in [0.1, 0.15) is 18.1 Å². The van der Waals surface area contributed by atoms with Crippen LogP contribution >= 0.6 is 0 Å². The van der Waals surface area contributed by atoms with E-state index < -0.39 is 11.4 Å². The Kier molecular flexibility index (Phi) is 8.47. The van der Waals surface area contributed by atoms with Gasteiger partial charge in [0, 0.05) is 13.3 Å². The van der Waals surface area contributed by atoms with Crippen molar-refractivity contribution in [3.05, 3.63) is 104 Å². The molecule has 9 heteroatoms. The highest BCUT2D eigenvalue weighted by Gasteiger charge is 2.10. The quantitative estimate of drug-likeness (QED) is 0.232. The summed E-state index contributed by atoms with van der Waals surface area (Å²) in [4.78, 5) is 35.7. The number of carbonyl (C=O) groups excluding carboxylic acids is 1. The van der Waals surface area contributed by atoms with Gasteiger partial charge in [-0.15, -0.1) is 4.74 Å². The van der Waals surface area contributed by atoms with Gasteiger partial charge in [-0.2, -0.15) is 0 Å². The maximum atomic E-state index is 11.6. The van der Waals surface area contributed by atoms with Crippen molar-refractivity contribution >= 4 is 5.97 Å². The third-order valence-corrected chi connectivity index (χ3v) is 5.87. The van der Waals surface area contributed by atoms with Crippen LogP contribution in [-0.4, -0.2) is 28.9 Å². The lowest BCUT2D eigenvalue weighted by molar-refractivity contribution is -0.141. The van der Waals surface area contributed by atoms with Crippen molar-refractivity contribution in [3.8, 4) is 22.6 Å². The molecule has 0 aliphatic rings. The summed E-state index contributed by atoms with van der Waals surface area (Å²) in [6.07, 6.45) is 0.634. The number of hydrogen-bond donors (Lipinski definition) is 1. The predicted octanol–water partition coefficient (Wildman–Crippen LogP) is 4.37. The molecule has 198 valence electrons. The number of aromatic amines is 1. The largest absolute Gasteiger partial charge is 0.493 e. The zero-order chi connectivity index (χ0) is 27.1. The monoisotopic (exact) mass is 518 g/mol. The fourth-order valence-corrected chi connectivity index (χ4v) is 4.19. The van der Waals surface area contributed by atoms with Crippen LogP contribution < -0.4 is 20.9 Å². The number of benzene rings is 3. The first-order valence-corrected chi connectivity index (χ1v) is 12.3. The van der Waals surface area contributed by atoms with Crippen LogP contribution in [0.2, 0.25) is 0 Å². The number of aryl methyl sites for hydroxylation is 2. The van der Waals surface area contributed by atoms with Gasteiger partial charge >= 0.3 is 17.4 Å². The molecule has 4 rings (SSSR count). The van der Waals surface area contributed by atoms with Crippen molar-refractivity contribution in [2.24, 2.45) is 0 Å². The van der Waals surface area contributed by atoms with Crippen molar-refractivity contribution in [1.82, 2.24) is 9.72 Å². The van der Waals surface area contributed by atoms with Gasteiger partial charge in [0.15, 0.2) is 0 Å². The number of aromatic nitrogens is 2. The fraction of sp³-hybridized carbons (Fsp3) is 0.276. The van der Waals surface area contributed by atoms with E-state index in [0.29, 0.717) is 32.0 Å². The van der Waals surface area contributed by atoms with Gasteiger partial charge in [0.25, 0.3) is 0 Å². The Morgan fingerprint density at radius 2 is 1.63 bits per heavy atom. The normalized spacial score (nSPS) is 10.8. The first-order chi connectivity index (χ1) is 18.3. The van der Waals surface area contributed by atoms with E-state index in [1.807, 2.05) is 48.5 Å². The molecule has 0 saturated carbocycles. The Balaban J connectivity index is 1.37. The van der Waals surface area contributed by atoms with Gasteiger partial charge < -0.3 is 18.7 Å². The molecular weight excluding hydrogens is 488 g/mol. The van der Waals surface area contributed by atoms with E-state index in [1.54, 1.807) is 0 Å². The molecule has 1 N–H and O–H groups in total. The summed E-state index contributed by atoms with van der Waals surface area (Å²) in [5, 5.41) is 0. The first kappa shape index (κ1) is 26.5. The maximum absolute atomic E-state index is 11.6. The topological polar surface area (TPSA) is 113 Å². The maximum Gasteiger partial charge on any atom is 0.440 e. The van der Waals surface area contributed by atoms with Crippen molar-refractivity contribution in [2.45, 2.75) is 40.3 Å². The molecule has 0 spiro atoms. The molecule has 38 heavy (non-hydrogen) atoms. The Labute approximate surface area is 219 Å². The second kappa shape index (κ2) is 12.1. The molecule has 4 aromatic rings. The smallest absolute Gasteiger partial charge is 0.440 e. The summed E-state index contributed by atoms with van der Waals surface area (Å²) < 4.78 is 22.5. The number of carbonyl (C=O) groups is 1. The van der Waals surface area contributed by atoms with Crippen LogP contribution in [0, 0.1) is 13.8 Å². The van der Waals surface area contributed by atoms with Gasteiger partial charge in [-0.3, -0.25) is 4.79 Å². The van der Waals surface area contributed by atoms with Gasteiger partial charge in [0.2, 0.25) is 0 Å². The lowest BCUT2D eigenvalue weighted by Crippen LogP contribution is -2.17. The summed E-state index contributed by atoms with van der Waals surface area (Å²) in [6, 6.07) is 19.5. The molecule has 0 atom stereocenters. The molecule has 0 radical (unpaired) electrons. The molecule has 0 amide bonds. The Bertz CT molecular complexity index is 1490. The molecule has 0 bridgehead atoms. The molecule has 0 fully saturated rings. The van der Waals surface area contributed by atoms with Crippen molar-refractivity contribution in [2.75, 3.05) is 13.2 Å². The Morgan fingerprint density at radius 3 is 2.29 bits per heavy atom. The highest BCUT2D eigenvalue weighted by molar-refractivity contribution is 5.72. The van der Waals surface area contributed by atoms with Gasteiger partial charge in [-0.1, -0.05) is 30.3 Å². The van der Waals surface area contributed by atoms with Crippen LogP contribution in [0.3, 0.4) is 0 Å². The van der Waals surface area contributed by atoms with Crippen LogP contribution in [0.1, 0.15) is 35.6 Å². The number of ether oxygens (including phenoxy) is 3. The predicted molar refractivity (Wildman–Crippen MR) is 142 cm³/mol. The summed E-state index contributed by atoms with van der Waals surface area (Å²) in [5.74, 6) is 0.411. The zero-order valence-electron chi connectivity index (χ0n) is 21.6. The lowest BCUT2D eigenvalue weighted by Gasteiger charge is -2.15. The minimum absolute atomic E-state index is 0.150. The molecule has 1 aromatic heterocycles. The van der Waals surface area contributed by atoms with Crippen molar-refractivity contribution in [3.63, 3.8) is 0 Å². The fourth-order valence-electron chi connectivity index (χ4n) is 4.19. The van der Waals surface area contributed by atoms with Crippen molar-refractivity contribution in [1.29, 1.82) is 0 Å². The van der Waals surface area contributed by atoms with E-state index in [4.69, 9.17) is 18.7 Å². The number of rotatable bonds is 11. The standard InChI is InChI=1S/C29H30N2O7/c1-19-14-26(36-13-5-12-35-21(3)32)15-20(2)27(19)24-7-4-6-23(16-24)18-37-25-10-8-22(9-11-25)17-31-28(33)30-29(34)38-31/h4,6-11,14-16H,5,12-13,17-18H2,1-3H3,(H,30,33,34). The van der Waals surface area contributed by atoms with Gasteiger partial charge in [0.05, 0.1) is 19.8 Å². The number of H-pyrrole nitrogens is 1. The third-order valence-electron chi connectivity index (χ3n) is 5.87. The number of nitrogens with zero attached hydrogens (tertiary/aromatic N) is 1. The second-order valence-electron chi connectivity index (χ2n) is 8.95. The molecule has 0 aliphatic heterocycles. The minimum atomic E-state index is -0.778. The summed E-state index contributed by atoms with van der Waals surface area (Å²) >= 11 is 0. The number of esters is 1. The molecule has 0 saturated heterocycles. The van der Waals surface area contributed by atoms with E-state index in [2.05, 4.69) is 31.0 Å². The van der Waals surface area contributed by atoms with E-state index in [-0.39, 0.29) is 12.5 Å². The van der Waals surface area contributed by atoms with Crippen molar-refractivity contribution < 1.29 is 23.5 Å². The van der Waals surface area contributed by atoms with Crippen LogP contribution in [0.15, 0.2) is 74.8 Å². The number of nitrogens with one attached hydrogen (secondary N) is 1. The summed E-state index contributed by atoms with van der Waals surface area (Å²) in [6.45, 7) is 6.87. The highest BCUT2D eigenvalue weighted by atomic mass is 16.5. The van der Waals surface area contributed by atoms with E-state index >= 15 is 0 Å². The summed E-state index contributed by atoms with van der Waals surface area (Å²) in [5.41, 5.74) is 5.69. The van der Waals surface area contributed by atoms with E-state index in [0.717, 1.165) is 43.9 Å². The third kappa shape index (κ3) is 7.03. The van der Waals surface area contributed by atoms with E-state index in [1.165, 1.54) is 6.92 Å². The van der Waals surface area contributed by atoms with Crippen LogP contribution in [0.4, 0.5) is 0 Å². The van der Waals surface area contributed by atoms with Crippen LogP contribution in [-0.2, 0) is 22.7 Å². The molecule has 0 unspecified atom stereocenters. The molecular formula is C29H30N2O7. The summed E-state index contributed by atoms with van der Waals surface area (Å²) in [7, 11) is 0. The minimum Gasteiger partial charge on any atom is -0.493 e. The van der Waals surface area contributed by atoms with E-state index in [9.17, 15) is 14.4 Å². The van der Waals surface area contributed by atoms with Gasteiger partial charge in [-0.05, 0) is 77.6 Å². The number of hydrogen-bond acceptors (Lipinski definition) is 7. The zero-order valence-corrected chi connectivity index (χ0v) is 21.6. The SMILES string of the molecule is CC(=O)OCCCOc1cc(C)c(-c2cccc(COc3ccc(Cn4oc(=O)[nH]c4=O)cc3)c2)c(C)c1. The molecule has 1 heterocycles. The lowest BCUT2D eigenvalue weighted by atomic mass is 9.94.